The van der Waals surface area contributed by atoms with Crippen molar-refractivity contribution >= 4 is 17.5 Å². The molecule has 3 N–H and O–H groups in total. The molecule has 2 atom stereocenters. The van der Waals surface area contributed by atoms with Crippen molar-refractivity contribution in [2.45, 2.75) is 45.6 Å². The summed E-state index contributed by atoms with van der Waals surface area (Å²) in [7, 11) is 0. The largest absolute Gasteiger partial charge is 0.393 e. The molecule has 0 unspecified atom stereocenters. The fourth-order valence-electron chi connectivity index (χ4n) is 2.96. The van der Waals surface area contributed by atoms with Crippen molar-refractivity contribution in [2.24, 2.45) is 5.92 Å². The van der Waals surface area contributed by atoms with Gasteiger partial charge in [-0.3, -0.25) is 9.59 Å². The van der Waals surface area contributed by atoms with Gasteiger partial charge in [-0.25, -0.2) is 0 Å². The zero-order valence-corrected chi connectivity index (χ0v) is 13.2. The standard InChI is InChI=1S/C17H24N2O3/c1-11-7-12(2)9-14(8-11)19-17(22)16(21)18-10-13-5-3-4-6-15(13)20/h7-9,13,15,20H,3-6,10H2,1-2H3,(H,18,21)(H,19,22)/t13-,15+/m0/s1. The molecule has 22 heavy (non-hydrogen) atoms. The van der Waals surface area contributed by atoms with Crippen LogP contribution in [0.2, 0.25) is 0 Å². The number of hydrogen-bond donors (Lipinski definition) is 3. The highest BCUT2D eigenvalue weighted by Gasteiger charge is 2.24. The fourth-order valence-corrected chi connectivity index (χ4v) is 2.96. The van der Waals surface area contributed by atoms with Crippen LogP contribution in [-0.4, -0.2) is 29.6 Å². The van der Waals surface area contributed by atoms with Gasteiger partial charge in [0.1, 0.15) is 0 Å². The van der Waals surface area contributed by atoms with Gasteiger partial charge in [-0.2, -0.15) is 0 Å². The number of nitrogens with one attached hydrogen (secondary N) is 2. The Kier molecular flexibility index (Phi) is 5.55. The molecule has 1 saturated carbocycles. The summed E-state index contributed by atoms with van der Waals surface area (Å²) in [5.41, 5.74) is 2.68. The molecule has 0 bridgehead atoms. The van der Waals surface area contributed by atoms with Gasteiger partial charge < -0.3 is 15.7 Å². The molecule has 0 saturated heterocycles. The molecule has 0 spiro atoms. The van der Waals surface area contributed by atoms with Crippen LogP contribution >= 0.6 is 0 Å². The predicted octanol–water partition coefficient (Wildman–Crippen LogP) is 1.91. The number of anilines is 1. The van der Waals surface area contributed by atoms with Crippen LogP contribution in [0.15, 0.2) is 18.2 Å². The maximum absolute atomic E-state index is 11.9. The summed E-state index contributed by atoms with van der Waals surface area (Å²) < 4.78 is 0. The third-order valence-electron chi connectivity index (χ3n) is 4.08. The second-order valence-electron chi connectivity index (χ2n) is 6.15. The van der Waals surface area contributed by atoms with Crippen molar-refractivity contribution in [2.75, 3.05) is 11.9 Å². The highest BCUT2D eigenvalue weighted by molar-refractivity contribution is 6.39. The molecule has 0 radical (unpaired) electrons. The Hall–Kier alpha value is -1.88. The van der Waals surface area contributed by atoms with Crippen LogP contribution in [0.3, 0.4) is 0 Å². The van der Waals surface area contributed by atoms with Crippen molar-refractivity contribution in [3.8, 4) is 0 Å². The van der Waals surface area contributed by atoms with E-state index in [1.807, 2.05) is 32.0 Å². The van der Waals surface area contributed by atoms with Gasteiger partial charge in [0.25, 0.3) is 0 Å². The fraction of sp³-hybridized carbons (Fsp3) is 0.529. The maximum Gasteiger partial charge on any atom is 0.313 e. The number of hydrogen-bond acceptors (Lipinski definition) is 3. The van der Waals surface area contributed by atoms with E-state index >= 15 is 0 Å². The normalized spacial score (nSPS) is 21.2. The Morgan fingerprint density at radius 2 is 1.73 bits per heavy atom. The molecule has 2 amide bonds. The second kappa shape index (κ2) is 7.40. The first-order valence-corrected chi connectivity index (χ1v) is 7.81. The number of carbonyl (C=O) groups is 2. The molecule has 1 aliphatic carbocycles. The summed E-state index contributed by atoms with van der Waals surface area (Å²) >= 11 is 0. The molecule has 1 aromatic rings. The van der Waals surface area contributed by atoms with Crippen LogP contribution in [0.25, 0.3) is 0 Å². The molecular formula is C17H24N2O3. The van der Waals surface area contributed by atoms with Gasteiger partial charge in [0.15, 0.2) is 0 Å². The van der Waals surface area contributed by atoms with Crippen LogP contribution < -0.4 is 10.6 Å². The lowest BCUT2D eigenvalue weighted by molar-refractivity contribution is -0.136. The van der Waals surface area contributed by atoms with Crippen molar-refractivity contribution < 1.29 is 14.7 Å². The molecule has 1 fully saturated rings. The van der Waals surface area contributed by atoms with Gasteiger partial charge in [0.05, 0.1) is 6.10 Å². The predicted molar refractivity (Wildman–Crippen MR) is 85.5 cm³/mol. The molecule has 5 heteroatoms. The van der Waals surface area contributed by atoms with Gasteiger partial charge in [0.2, 0.25) is 0 Å². The lowest BCUT2D eigenvalue weighted by Crippen LogP contribution is -2.41. The van der Waals surface area contributed by atoms with Crippen molar-refractivity contribution in [3.05, 3.63) is 29.3 Å². The Bertz CT molecular complexity index is 537. The molecule has 2 rings (SSSR count). The zero-order valence-electron chi connectivity index (χ0n) is 13.2. The van der Waals surface area contributed by atoms with E-state index in [0.717, 1.165) is 36.8 Å². The van der Waals surface area contributed by atoms with Crippen molar-refractivity contribution in [1.29, 1.82) is 0 Å². The molecule has 5 nitrogen and oxygen atoms in total. The van der Waals surface area contributed by atoms with E-state index in [0.29, 0.717) is 12.2 Å². The number of rotatable bonds is 3. The lowest BCUT2D eigenvalue weighted by Gasteiger charge is -2.27. The van der Waals surface area contributed by atoms with Crippen molar-refractivity contribution in [1.82, 2.24) is 5.32 Å². The molecule has 120 valence electrons. The van der Waals surface area contributed by atoms with E-state index < -0.39 is 11.8 Å². The number of carbonyl (C=O) groups excluding carboxylic acids is 2. The first kappa shape index (κ1) is 16.5. The number of benzene rings is 1. The summed E-state index contributed by atoms with van der Waals surface area (Å²) in [6.07, 6.45) is 3.37. The van der Waals surface area contributed by atoms with E-state index in [2.05, 4.69) is 10.6 Å². The quantitative estimate of drug-likeness (QED) is 0.746. The van der Waals surface area contributed by atoms with Crippen LogP contribution in [0.4, 0.5) is 5.69 Å². The maximum atomic E-state index is 11.9. The molecule has 1 aromatic carbocycles. The Morgan fingerprint density at radius 1 is 1.09 bits per heavy atom. The van der Waals surface area contributed by atoms with Gasteiger partial charge in [-0.05, 0) is 49.9 Å². The average molecular weight is 304 g/mol. The third-order valence-corrected chi connectivity index (χ3v) is 4.08. The van der Waals surface area contributed by atoms with Crippen LogP contribution in [-0.2, 0) is 9.59 Å². The Labute approximate surface area is 131 Å². The van der Waals surface area contributed by atoms with Crippen LogP contribution in [0.1, 0.15) is 36.8 Å². The molecule has 0 heterocycles. The Morgan fingerprint density at radius 3 is 2.36 bits per heavy atom. The molecule has 0 aliphatic heterocycles. The van der Waals surface area contributed by atoms with Gasteiger partial charge in [0, 0.05) is 18.2 Å². The second-order valence-corrected chi connectivity index (χ2v) is 6.15. The topological polar surface area (TPSA) is 78.4 Å². The van der Waals surface area contributed by atoms with Crippen LogP contribution in [0, 0.1) is 19.8 Å². The SMILES string of the molecule is Cc1cc(C)cc(NC(=O)C(=O)NC[C@@H]2CCCC[C@H]2O)c1. The minimum atomic E-state index is -0.671. The molecule has 0 aromatic heterocycles. The highest BCUT2D eigenvalue weighted by Crippen LogP contribution is 2.23. The number of aryl methyl sites for hydroxylation is 2. The minimum Gasteiger partial charge on any atom is -0.393 e. The third kappa shape index (κ3) is 4.56. The Balaban J connectivity index is 1.85. The number of aliphatic hydroxyl groups is 1. The average Bonchev–Trinajstić information content (AvgIpc) is 2.45. The van der Waals surface area contributed by atoms with Crippen molar-refractivity contribution in [3.63, 3.8) is 0 Å². The van der Waals surface area contributed by atoms with E-state index in [4.69, 9.17) is 0 Å². The van der Waals surface area contributed by atoms with E-state index in [1.165, 1.54) is 0 Å². The van der Waals surface area contributed by atoms with Gasteiger partial charge >= 0.3 is 11.8 Å². The molecular weight excluding hydrogens is 280 g/mol. The van der Waals surface area contributed by atoms with E-state index in [1.54, 1.807) is 0 Å². The summed E-state index contributed by atoms with van der Waals surface area (Å²) in [6, 6.07) is 5.65. The zero-order chi connectivity index (χ0) is 16.1. The summed E-state index contributed by atoms with van der Waals surface area (Å²) in [6.45, 7) is 4.22. The van der Waals surface area contributed by atoms with E-state index in [9.17, 15) is 14.7 Å². The van der Waals surface area contributed by atoms with E-state index in [-0.39, 0.29) is 12.0 Å². The minimum absolute atomic E-state index is 0.0479. The lowest BCUT2D eigenvalue weighted by atomic mass is 9.86. The van der Waals surface area contributed by atoms with Gasteiger partial charge in [-0.15, -0.1) is 0 Å². The monoisotopic (exact) mass is 304 g/mol. The smallest absolute Gasteiger partial charge is 0.313 e. The summed E-state index contributed by atoms with van der Waals surface area (Å²) in [5.74, 6) is -1.28. The summed E-state index contributed by atoms with van der Waals surface area (Å²) in [4.78, 5) is 23.8. The highest BCUT2D eigenvalue weighted by atomic mass is 16.3. The molecule has 1 aliphatic rings. The summed E-state index contributed by atoms with van der Waals surface area (Å²) in [5, 5.41) is 15.1. The number of aliphatic hydroxyl groups excluding tert-OH is 1. The number of amides is 2. The first-order chi connectivity index (χ1) is 10.5. The van der Waals surface area contributed by atoms with Gasteiger partial charge in [-0.1, -0.05) is 18.9 Å². The van der Waals surface area contributed by atoms with Crippen LogP contribution in [0.5, 0.6) is 0 Å². The first-order valence-electron chi connectivity index (χ1n) is 7.81.